The molecule has 0 bridgehead atoms. The molecule has 0 amide bonds. The lowest BCUT2D eigenvalue weighted by Crippen LogP contribution is -2.43. The van der Waals surface area contributed by atoms with Crippen molar-refractivity contribution < 1.29 is 27.0 Å². The quantitative estimate of drug-likeness (QED) is 0.489. The largest absolute Gasteiger partial charge is 0.400 e. The fraction of sp³-hybridized carbons (Fsp3) is 1.00. The molecule has 11 heavy (non-hydrogen) atoms. The summed E-state index contributed by atoms with van der Waals surface area (Å²) in [7, 11) is -4.00. The first kappa shape index (κ1) is 8.88. The molecule has 66 valence electrons. The van der Waals surface area contributed by atoms with Crippen LogP contribution in [0.25, 0.3) is 0 Å². The Bertz CT molecular complexity index is 221. The third-order valence-electron chi connectivity index (χ3n) is 1.23. The van der Waals surface area contributed by atoms with Crippen molar-refractivity contribution in [2.75, 3.05) is 13.2 Å². The van der Waals surface area contributed by atoms with Gasteiger partial charge in [0.25, 0.3) is 0 Å². The average molecular weight is 184 g/mol. The second kappa shape index (κ2) is 3.03. The summed E-state index contributed by atoms with van der Waals surface area (Å²) in [5, 5.41) is 17.4. The van der Waals surface area contributed by atoms with Crippen LogP contribution in [0.15, 0.2) is 0 Å². The average Bonchev–Trinajstić information content (AvgIpc) is 1.94. The van der Waals surface area contributed by atoms with Crippen LogP contribution in [0.4, 0.5) is 0 Å². The van der Waals surface area contributed by atoms with E-state index in [0.717, 1.165) is 0 Å². The van der Waals surface area contributed by atoms with E-state index in [1.165, 1.54) is 0 Å². The van der Waals surface area contributed by atoms with Crippen LogP contribution in [0.2, 0.25) is 0 Å². The Balaban J connectivity index is 2.66. The minimum absolute atomic E-state index is 0.367. The molecule has 0 aromatic carbocycles. The van der Waals surface area contributed by atoms with Crippen LogP contribution in [0.1, 0.15) is 0 Å². The molecule has 0 spiro atoms. The van der Waals surface area contributed by atoms with Crippen LogP contribution in [-0.2, 0) is 18.8 Å². The molecule has 1 saturated heterocycles. The van der Waals surface area contributed by atoms with Crippen molar-refractivity contribution in [3.63, 3.8) is 0 Å². The third kappa shape index (κ3) is 2.11. The molecule has 0 aromatic heterocycles. The Kier molecular flexibility index (Phi) is 2.45. The van der Waals surface area contributed by atoms with Gasteiger partial charge in [-0.05, 0) is 0 Å². The van der Waals surface area contributed by atoms with Crippen LogP contribution in [0, 0.1) is 0 Å². The summed E-state index contributed by atoms with van der Waals surface area (Å²) in [5.74, 6) is 0. The van der Waals surface area contributed by atoms with E-state index in [-0.39, 0.29) is 6.61 Å². The van der Waals surface area contributed by atoms with E-state index in [9.17, 15) is 8.42 Å². The maximum absolute atomic E-state index is 10.5. The molecular weight excluding hydrogens is 176 g/mol. The SMILES string of the molecule is O=S1(=O)OC[C@H](O)[C@@H](CO)O1. The van der Waals surface area contributed by atoms with Gasteiger partial charge < -0.3 is 10.2 Å². The van der Waals surface area contributed by atoms with E-state index in [1.807, 2.05) is 0 Å². The molecule has 7 heteroatoms. The Hall–Kier alpha value is -0.210. The van der Waals surface area contributed by atoms with Gasteiger partial charge in [-0.1, -0.05) is 0 Å². The van der Waals surface area contributed by atoms with Gasteiger partial charge in [0.1, 0.15) is 12.2 Å². The van der Waals surface area contributed by atoms with Crippen molar-refractivity contribution in [3.8, 4) is 0 Å². The summed E-state index contributed by atoms with van der Waals surface area (Å²) >= 11 is 0. The van der Waals surface area contributed by atoms with Crippen molar-refractivity contribution in [2.45, 2.75) is 12.2 Å². The molecule has 6 nitrogen and oxygen atoms in total. The lowest BCUT2D eigenvalue weighted by Gasteiger charge is -2.24. The number of aliphatic hydroxyl groups is 2. The summed E-state index contributed by atoms with van der Waals surface area (Å²) in [6.07, 6.45) is -2.20. The monoisotopic (exact) mass is 184 g/mol. The smallest absolute Gasteiger partial charge is 0.394 e. The van der Waals surface area contributed by atoms with Crippen molar-refractivity contribution in [1.82, 2.24) is 0 Å². The molecule has 0 saturated carbocycles. The van der Waals surface area contributed by atoms with Gasteiger partial charge in [0.05, 0.1) is 13.2 Å². The highest BCUT2D eigenvalue weighted by Crippen LogP contribution is 2.13. The summed E-state index contributed by atoms with van der Waals surface area (Å²) < 4.78 is 29.3. The summed E-state index contributed by atoms with van der Waals surface area (Å²) in [6.45, 7) is -0.919. The maximum atomic E-state index is 10.5. The van der Waals surface area contributed by atoms with E-state index in [4.69, 9.17) is 10.2 Å². The lowest BCUT2D eigenvalue weighted by atomic mass is 10.2. The Morgan fingerprint density at radius 2 is 2.18 bits per heavy atom. The van der Waals surface area contributed by atoms with Gasteiger partial charge in [-0.2, -0.15) is 8.42 Å². The molecule has 0 radical (unpaired) electrons. The Morgan fingerprint density at radius 3 is 2.64 bits per heavy atom. The minimum Gasteiger partial charge on any atom is -0.394 e. The zero-order valence-corrected chi connectivity index (χ0v) is 6.32. The molecule has 1 aliphatic heterocycles. The van der Waals surface area contributed by atoms with Gasteiger partial charge in [0.2, 0.25) is 0 Å². The molecule has 1 rings (SSSR count). The predicted molar refractivity (Wildman–Crippen MR) is 32.8 cm³/mol. The number of aliphatic hydroxyl groups excluding tert-OH is 2. The van der Waals surface area contributed by atoms with E-state index in [0.29, 0.717) is 0 Å². The van der Waals surface area contributed by atoms with Gasteiger partial charge in [0, 0.05) is 0 Å². The lowest BCUT2D eigenvalue weighted by molar-refractivity contribution is -0.0536. The number of hydrogen-bond acceptors (Lipinski definition) is 6. The first-order valence-corrected chi connectivity index (χ1v) is 4.25. The highest BCUT2D eigenvalue weighted by molar-refractivity contribution is 7.81. The van der Waals surface area contributed by atoms with Gasteiger partial charge in [-0.3, -0.25) is 0 Å². The van der Waals surface area contributed by atoms with Crippen LogP contribution >= 0.6 is 0 Å². The van der Waals surface area contributed by atoms with Crippen LogP contribution in [-0.4, -0.2) is 44.1 Å². The fourth-order valence-electron chi connectivity index (χ4n) is 0.656. The van der Waals surface area contributed by atoms with E-state index < -0.39 is 29.2 Å². The normalized spacial score (nSPS) is 36.9. The van der Waals surface area contributed by atoms with Gasteiger partial charge in [0.15, 0.2) is 0 Å². The van der Waals surface area contributed by atoms with E-state index in [2.05, 4.69) is 8.37 Å². The number of rotatable bonds is 1. The summed E-state index contributed by atoms with van der Waals surface area (Å²) in [4.78, 5) is 0. The van der Waals surface area contributed by atoms with E-state index >= 15 is 0 Å². The van der Waals surface area contributed by atoms with Crippen LogP contribution in [0.3, 0.4) is 0 Å². The second-order valence-corrected chi connectivity index (χ2v) is 3.32. The predicted octanol–water partition coefficient (Wildman–Crippen LogP) is -2.00. The number of hydrogen-bond donors (Lipinski definition) is 2. The molecule has 1 heterocycles. The molecule has 2 atom stereocenters. The topological polar surface area (TPSA) is 93.1 Å². The molecule has 0 aromatic rings. The maximum Gasteiger partial charge on any atom is 0.400 e. The molecule has 1 fully saturated rings. The van der Waals surface area contributed by atoms with Crippen LogP contribution in [0.5, 0.6) is 0 Å². The van der Waals surface area contributed by atoms with Gasteiger partial charge >= 0.3 is 10.4 Å². The summed E-state index contributed by atoms with van der Waals surface area (Å²) in [6, 6.07) is 0. The molecule has 1 aliphatic rings. The zero-order chi connectivity index (χ0) is 8.48. The van der Waals surface area contributed by atoms with Crippen molar-refractivity contribution in [2.24, 2.45) is 0 Å². The fourth-order valence-corrected chi connectivity index (χ4v) is 1.51. The van der Waals surface area contributed by atoms with Crippen molar-refractivity contribution in [1.29, 1.82) is 0 Å². The van der Waals surface area contributed by atoms with Crippen molar-refractivity contribution >= 4 is 10.4 Å². The van der Waals surface area contributed by atoms with E-state index in [1.54, 1.807) is 0 Å². The standard InChI is InChI=1S/C4H8O6S/c5-1-4-3(6)2-9-11(7,8)10-4/h3-6H,1-2H2/t3-,4+/m0/s1. The first-order chi connectivity index (χ1) is 5.05. The molecular formula is C4H8O6S. The molecule has 2 N–H and O–H groups in total. The summed E-state index contributed by atoms with van der Waals surface area (Å²) in [5.41, 5.74) is 0. The van der Waals surface area contributed by atoms with Gasteiger partial charge in [-0.25, -0.2) is 8.37 Å². The second-order valence-electron chi connectivity index (χ2n) is 2.08. The van der Waals surface area contributed by atoms with Gasteiger partial charge in [-0.15, -0.1) is 0 Å². The van der Waals surface area contributed by atoms with Crippen molar-refractivity contribution in [3.05, 3.63) is 0 Å². The Labute approximate surface area is 63.7 Å². The molecule has 0 aliphatic carbocycles. The first-order valence-electron chi connectivity index (χ1n) is 2.92. The Morgan fingerprint density at radius 1 is 1.55 bits per heavy atom. The van der Waals surface area contributed by atoms with Crippen LogP contribution < -0.4 is 0 Å². The third-order valence-corrected chi connectivity index (χ3v) is 2.14. The minimum atomic E-state index is -4.00. The molecule has 0 unspecified atom stereocenters. The highest BCUT2D eigenvalue weighted by Gasteiger charge is 2.33. The zero-order valence-electron chi connectivity index (χ0n) is 5.50. The highest BCUT2D eigenvalue weighted by atomic mass is 32.3.